The number of aliphatic hydroxyl groups excluding tert-OH is 1. The van der Waals surface area contributed by atoms with Crippen molar-refractivity contribution in [2.24, 2.45) is 16.8 Å². The number of hydrogen-bond acceptors (Lipinski definition) is 7. The van der Waals surface area contributed by atoms with Gasteiger partial charge in [0.1, 0.15) is 28.2 Å². The molecule has 2 atom stereocenters. The number of aryl methyl sites for hydroxylation is 1. The van der Waals surface area contributed by atoms with E-state index in [4.69, 9.17) is 4.74 Å². The second-order valence-electron chi connectivity index (χ2n) is 11.1. The third kappa shape index (κ3) is 5.63. The van der Waals surface area contributed by atoms with Crippen LogP contribution in [0.5, 0.6) is 5.75 Å². The number of rotatable bonds is 9. The average molecular weight is 571 g/mol. The highest BCUT2D eigenvalue weighted by Crippen LogP contribution is 2.39. The fraction of sp³-hybridized carbons (Fsp3) is 0.448. The molecule has 0 spiro atoms. The number of fused-ring (bicyclic) bond motifs is 1. The summed E-state index contributed by atoms with van der Waals surface area (Å²) in [5, 5.41) is 18.7. The lowest BCUT2D eigenvalue weighted by atomic mass is 9.85. The Kier molecular flexibility index (Phi) is 8.39. The van der Waals surface area contributed by atoms with Gasteiger partial charge >= 0.3 is 0 Å². The lowest BCUT2D eigenvalue weighted by Gasteiger charge is -2.25. The van der Waals surface area contributed by atoms with Crippen molar-refractivity contribution in [1.29, 1.82) is 0 Å². The number of benzene rings is 1. The van der Waals surface area contributed by atoms with Gasteiger partial charge in [-0.15, -0.1) is 0 Å². The standard InChI is InChI=1S/C29H39FN6O3S/c1-18-21(25(34-35(18)7)28(37)29(2,3)4)13-14-39-26-22(10-11-23(30)27(26)40(8,38)32-6)19-9-12-24-33-16-20(15-31-5)36(24)17-19/h9-12,16-17,28,31,37H,13-15H2,1-8H3. The molecule has 9 nitrogen and oxygen atoms in total. The van der Waals surface area contributed by atoms with Crippen LogP contribution in [0.25, 0.3) is 16.8 Å². The van der Waals surface area contributed by atoms with Crippen molar-refractivity contribution in [3.8, 4) is 16.9 Å². The van der Waals surface area contributed by atoms with E-state index in [2.05, 4.69) is 19.8 Å². The third-order valence-electron chi connectivity index (χ3n) is 7.21. The minimum absolute atomic E-state index is 0.0634. The zero-order chi connectivity index (χ0) is 29.4. The molecule has 3 aromatic heterocycles. The van der Waals surface area contributed by atoms with E-state index in [0.717, 1.165) is 28.2 Å². The van der Waals surface area contributed by atoms with Crippen LogP contribution in [0.15, 0.2) is 45.9 Å². The number of hydrogen-bond donors (Lipinski definition) is 2. The van der Waals surface area contributed by atoms with Gasteiger partial charge < -0.3 is 19.6 Å². The first kappa shape index (κ1) is 29.7. The Balaban J connectivity index is 1.79. The van der Waals surface area contributed by atoms with E-state index in [1.807, 2.05) is 64.5 Å². The van der Waals surface area contributed by atoms with E-state index < -0.39 is 27.1 Å². The van der Waals surface area contributed by atoms with Crippen molar-refractivity contribution in [2.45, 2.75) is 51.7 Å². The Morgan fingerprint density at radius 1 is 1.25 bits per heavy atom. The van der Waals surface area contributed by atoms with E-state index in [-0.39, 0.29) is 17.3 Å². The highest BCUT2D eigenvalue weighted by molar-refractivity contribution is 7.93. The van der Waals surface area contributed by atoms with Gasteiger partial charge in [0.15, 0.2) is 0 Å². The predicted molar refractivity (Wildman–Crippen MR) is 156 cm³/mol. The zero-order valence-electron chi connectivity index (χ0n) is 24.4. The van der Waals surface area contributed by atoms with Gasteiger partial charge in [0.2, 0.25) is 0 Å². The molecule has 2 unspecified atom stereocenters. The predicted octanol–water partition coefficient (Wildman–Crippen LogP) is 4.69. The summed E-state index contributed by atoms with van der Waals surface area (Å²) in [5.74, 6) is -0.454. The van der Waals surface area contributed by atoms with Crippen molar-refractivity contribution in [1.82, 2.24) is 24.5 Å². The molecule has 0 aliphatic carbocycles. The van der Waals surface area contributed by atoms with Crippen LogP contribution in [0, 0.1) is 18.2 Å². The maximum Gasteiger partial charge on any atom is 0.147 e. The monoisotopic (exact) mass is 570 g/mol. The lowest BCUT2D eigenvalue weighted by molar-refractivity contribution is 0.0575. The van der Waals surface area contributed by atoms with Crippen molar-refractivity contribution in [3.63, 3.8) is 0 Å². The Bertz CT molecular complexity index is 1660. The Hall–Kier alpha value is -3.28. The Morgan fingerprint density at radius 2 is 1.98 bits per heavy atom. The van der Waals surface area contributed by atoms with Gasteiger partial charge in [-0.2, -0.15) is 5.10 Å². The number of nitrogens with one attached hydrogen (secondary N) is 1. The summed E-state index contributed by atoms with van der Waals surface area (Å²) in [6.45, 7) is 8.58. The Morgan fingerprint density at radius 3 is 2.62 bits per heavy atom. The second kappa shape index (κ2) is 11.3. The highest BCUT2D eigenvalue weighted by atomic mass is 32.2. The van der Waals surface area contributed by atoms with Gasteiger partial charge in [-0.3, -0.25) is 4.68 Å². The first-order valence-electron chi connectivity index (χ1n) is 13.2. The molecule has 0 fully saturated rings. The van der Waals surface area contributed by atoms with Crippen LogP contribution >= 0.6 is 0 Å². The summed E-state index contributed by atoms with van der Waals surface area (Å²) < 4.78 is 42.8. The van der Waals surface area contributed by atoms with Crippen molar-refractivity contribution in [2.75, 3.05) is 27.0 Å². The van der Waals surface area contributed by atoms with Gasteiger partial charge in [-0.1, -0.05) is 20.8 Å². The summed E-state index contributed by atoms with van der Waals surface area (Å²) >= 11 is 0. The molecule has 3 heterocycles. The van der Waals surface area contributed by atoms with Crippen LogP contribution in [-0.4, -0.2) is 55.4 Å². The van der Waals surface area contributed by atoms with E-state index in [1.54, 1.807) is 16.9 Å². The second-order valence-corrected chi connectivity index (χ2v) is 13.5. The largest absolute Gasteiger partial charge is 0.491 e. The number of pyridine rings is 1. The number of nitrogens with zero attached hydrogens (tertiary/aromatic N) is 5. The van der Waals surface area contributed by atoms with E-state index in [0.29, 0.717) is 24.2 Å². The average Bonchev–Trinajstić information content (AvgIpc) is 3.43. The van der Waals surface area contributed by atoms with Gasteiger partial charge in [0, 0.05) is 61.9 Å². The minimum Gasteiger partial charge on any atom is -0.491 e. The molecule has 0 bridgehead atoms. The van der Waals surface area contributed by atoms with E-state index in [9.17, 15) is 9.32 Å². The van der Waals surface area contributed by atoms with Gasteiger partial charge in [-0.05, 0) is 43.7 Å². The smallest absolute Gasteiger partial charge is 0.147 e. The van der Waals surface area contributed by atoms with E-state index in [1.165, 1.54) is 19.4 Å². The Labute approximate surface area is 235 Å². The number of imidazole rings is 1. The molecular weight excluding hydrogens is 531 g/mol. The molecule has 0 saturated heterocycles. The topological polar surface area (TPSA) is 106 Å². The van der Waals surface area contributed by atoms with Crippen molar-refractivity contribution < 1.29 is 18.4 Å². The zero-order valence-corrected chi connectivity index (χ0v) is 25.3. The molecule has 0 radical (unpaired) electrons. The van der Waals surface area contributed by atoms with Crippen molar-refractivity contribution in [3.05, 3.63) is 65.1 Å². The van der Waals surface area contributed by atoms with E-state index >= 15 is 4.39 Å². The fourth-order valence-electron chi connectivity index (χ4n) is 4.73. The van der Waals surface area contributed by atoms with Gasteiger partial charge in [0.25, 0.3) is 0 Å². The van der Waals surface area contributed by atoms with Crippen LogP contribution in [0.3, 0.4) is 0 Å². The molecule has 0 aliphatic heterocycles. The lowest BCUT2D eigenvalue weighted by Crippen LogP contribution is -2.20. The van der Waals surface area contributed by atoms with Crippen LogP contribution in [0.1, 0.15) is 49.5 Å². The van der Waals surface area contributed by atoms with Crippen molar-refractivity contribution >= 4 is 15.4 Å². The molecule has 0 saturated carbocycles. The first-order valence-corrected chi connectivity index (χ1v) is 15.1. The summed E-state index contributed by atoms with van der Waals surface area (Å²) in [4.78, 5) is 4.39. The molecule has 1 aromatic carbocycles. The summed E-state index contributed by atoms with van der Waals surface area (Å²) in [5.41, 5.74) is 5.06. The molecule has 2 N–H and O–H groups in total. The molecular formula is C29H39FN6O3S. The SMILES string of the molecule is CN=S(C)(=O)c1c(F)ccc(-c2ccc3ncc(CNC)n3c2)c1OCCc1c(C(O)C(C)(C)C)nn(C)c1C. The molecule has 4 rings (SSSR count). The normalized spacial score (nSPS) is 14.3. The third-order valence-corrected chi connectivity index (χ3v) is 9.04. The summed E-state index contributed by atoms with van der Waals surface area (Å²) in [6, 6.07) is 6.72. The van der Waals surface area contributed by atoms with Gasteiger partial charge in [0.05, 0.1) is 33.9 Å². The molecule has 40 heavy (non-hydrogen) atoms. The molecule has 0 amide bonds. The maximum absolute atomic E-state index is 15.3. The molecule has 11 heteroatoms. The number of ether oxygens (including phenoxy) is 1. The number of aliphatic hydroxyl groups is 1. The maximum atomic E-state index is 15.3. The molecule has 0 aliphatic rings. The highest BCUT2D eigenvalue weighted by Gasteiger charge is 2.30. The molecule has 4 aromatic rings. The van der Waals surface area contributed by atoms with Crippen LogP contribution in [-0.2, 0) is 29.7 Å². The fourth-order valence-corrected chi connectivity index (χ4v) is 5.85. The number of halogens is 1. The number of aromatic nitrogens is 4. The van der Waals surface area contributed by atoms with Crippen LogP contribution in [0.4, 0.5) is 4.39 Å². The van der Waals surface area contributed by atoms with Crippen LogP contribution in [0.2, 0.25) is 0 Å². The summed E-state index contributed by atoms with van der Waals surface area (Å²) in [7, 11) is 2.03. The summed E-state index contributed by atoms with van der Waals surface area (Å²) in [6.07, 6.45) is 4.78. The molecule has 216 valence electrons. The van der Waals surface area contributed by atoms with Crippen LogP contribution < -0.4 is 10.1 Å². The minimum atomic E-state index is -3.09. The van der Waals surface area contributed by atoms with Gasteiger partial charge in [-0.25, -0.2) is 17.9 Å². The quantitative estimate of drug-likeness (QED) is 0.303. The first-order chi connectivity index (χ1) is 18.8.